The van der Waals surface area contributed by atoms with Crippen LogP contribution in [0.25, 0.3) is 0 Å². The molecule has 0 aromatic heterocycles. The van der Waals surface area contributed by atoms with Gasteiger partial charge in [-0.15, -0.1) is 0 Å². The molecule has 0 N–H and O–H groups in total. The third-order valence-electron chi connectivity index (χ3n) is 3.72. The average Bonchev–Trinajstić information content (AvgIpc) is 2.94. The first-order valence-electron chi connectivity index (χ1n) is 8.11. The molecule has 0 spiro atoms. The molecule has 142 valence electrons. The van der Waals surface area contributed by atoms with Gasteiger partial charge in [0.05, 0.1) is 32.4 Å². The smallest absolute Gasteiger partial charge is 0.367 e. The number of hydrogen-bond acceptors (Lipinski definition) is 6. The summed E-state index contributed by atoms with van der Waals surface area (Å²) >= 11 is 5.87. The standard InChI is InChI=1S/C17H21ClNO6P/c1-4-24-26(22,25-5-2)15-14(17(21)23-3)11-19(16(15)20)10-12-6-8-13(18)9-7-12/h6-9H,4-5,10-11H2,1-3H3. The van der Waals surface area contributed by atoms with Crippen molar-refractivity contribution in [1.82, 2.24) is 4.90 Å². The number of carbonyl (C=O) groups excluding carboxylic acids is 2. The van der Waals surface area contributed by atoms with E-state index in [-0.39, 0.29) is 37.2 Å². The summed E-state index contributed by atoms with van der Waals surface area (Å²) in [6, 6.07) is 6.96. The molecule has 0 aliphatic carbocycles. The highest BCUT2D eigenvalue weighted by Gasteiger charge is 2.46. The van der Waals surface area contributed by atoms with Gasteiger partial charge in [0.1, 0.15) is 5.31 Å². The van der Waals surface area contributed by atoms with Gasteiger partial charge >= 0.3 is 13.6 Å². The van der Waals surface area contributed by atoms with Gasteiger partial charge in [-0.05, 0) is 31.5 Å². The molecule has 0 bridgehead atoms. The van der Waals surface area contributed by atoms with Crippen LogP contribution in [0.5, 0.6) is 0 Å². The fourth-order valence-electron chi connectivity index (χ4n) is 2.63. The van der Waals surface area contributed by atoms with Gasteiger partial charge in [0.15, 0.2) is 0 Å². The quantitative estimate of drug-likeness (QED) is 0.490. The Labute approximate surface area is 157 Å². The van der Waals surface area contributed by atoms with Crippen LogP contribution in [0.4, 0.5) is 0 Å². The summed E-state index contributed by atoms with van der Waals surface area (Å²) in [5, 5.41) is 0.328. The van der Waals surface area contributed by atoms with Crippen molar-refractivity contribution in [3.05, 3.63) is 45.7 Å². The minimum atomic E-state index is -3.93. The topological polar surface area (TPSA) is 82.1 Å². The summed E-state index contributed by atoms with van der Waals surface area (Å²) < 4.78 is 28.4. The van der Waals surface area contributed by atoms with Crippen LogP contribution >= 0.6 is 19.2 Å². The van der Waals surface area contributed by atoms with Gasteiger partial charge in [0, 0.05) is 11.6 Å². The number of amides is 1. The van der Waals surface area contributed by atoms with Gasteiger partial charge in [0.2, 0.25) is 0 Å². The Bertz CT molecular complexity index is 751. The number of benzene rings is 1. The largest absolute Gasteiger partial charge is 0.466 e. The number of ether oxygens (including phenoxy) is 1. The zero-order valence-corrected chi connectivity index (χ0v) is 16.5. The van der Waals surface area contributed by atoms with Crippen LogP contribution in [0, 0.1) is 0 Å². The van der Waals surface area contributed by atoms with Crippen LogP contribution in [0.1, 0.15) is 19.4 Å². The van der Waals surface area contributed by atoms with E-state index in [1.54, 1.807) is 38.1 Å². The summed E-state index contributed by atoms with van der Waals surface area (Å²) in [4.78, 5) is 26.5. The SMILES string of the molecule is CCOP(=O)(OCC)C1=C(C(=O)OC)CN(Cc2ccc(Cl)cc2)C1=O. The van der Waals surface area contributed by atoms with Crippen molar-refractivity contribution in [1.29, 1.82) is 0 Å². The van der Waals surface area contributed by atoms with E-state index in [9.17, 15) is 14.2 Å². The predicted octanol–water partition coefficient (Wildman–Crippen LogP) is 3.38. The summed E-state index contributed by atoms with van der Waals surface area (Å²) in [6.45, 7) is 3.59. The number of carbonyl (C=O) groups is 2. The molecule has 0 radical (unpaired) electrons. The Balaban J connectivity index is 2.38. The highest BCUT2D eigenvalue weighted by Crippen LogP contribution is 2.59. The number of hydrogen-bond donors (Lipinski definition) is 0. The molecular weight excluding hydrogens is 381 g/mol. The van der Waals surface area contributed by atoms with Gasteiger partial charge in [-0.25, -0.2) is 4.79 Å². The molecule has 26 heavy (non-hydrogen) atoms. The summed E-state index contributed by atoms with van der Waals surface area (Å²) in [5.41, 5.74) is 0.813. The average molecular weight is 402 g/mol. The number of rotatable bonds is 8. The normalized spacial score (nSPS) is 14.9. The predicted molar refractivity (Wildman–Crippen MR) is 96.8 cm³/mol. The van der Waals surface area contributed by atoms with E-state index in [4.69, 9.17) is 25.4 Å². The Morgan fingerprint density at radius 2 is 1.77 bits per heavy atom. The maximum absolute atomic E-state index is 13.1. The molecule has 0 atom stereocenters. The lowest BCUT2D eigenvalue weighted by molar-refractivity contribution is -0.136. The fourth-order valence-corrected chi connectivity index (χ4v) is 4.63. The first-order chi connectivity index (χ1) is 12.4. The molecule has 1 heterocycles. The van der Waals surface area contributed by atoms with Crippen LogP contribution in [0.2, 0.25) is 5.02 Å². The Morgan fingerprint density at radius 3 is 2.27 bits per heavy atom. The van der Waals surface area contributed by atoms with Gasteiger partial charge in [0.25, 0.3) is 5.91 Å². The van der Waals surface area contributed by atoms with Crippen LogP contribution in [-0.2, 0) is 34.5 Å². The van der Waals surface area contributed by atoms with Gasteiger partial charge < -0.3 is 18.7 Å². The van der Waals surface area contributed by atoms with Crippen molar-refractivity contribution in [2.75, 3.05) is 26.9 Å². The lowest BCUT2D eigenvalue weighted by atomic mass is 10.2. The second-order valence-electron chi connectivity index (χ2n) is 5.44. The minimum absolute atomic E-state index is 0.00306. The van der Waals surface area contributed by atoms with Crippen molar-refractivity contribution >= 4 is 31.1 Å². The lowest BCUT2D eigenvalue weighted by Gasteiger charge is -2.20. The van der Waals surface area contributed by atoms with E-state index in [1.165, 1.54) is 12.0 Å². The molecule has 1 aliphatic rings. The molecule has 0 saturated carbocycles. The van der Waals surface area contributed by atoms with E-state index in [0.29, 0.717) is 5.02 Å². The van der Waals surface area contributed by atoms with Crippen molar-refractivity contribution < 1.29 is 27.9 Å². The summed E-state index contributed by atoms with van der Waals surface area (Å²) in [5.74, 6) is -1.29. The number of halogens is 1. The zero-order chi connectivity index (χ0) is 19.3. The molecule has 1 amide bonds. The fraction of sp³-hybridized carbons (Fsp3) is 0.412. The maximum atomic E-state index is 13.1. The molecule has 1 aromatic carbocycles. The van der Waals surface area contributed by atoms with E-state index in [2.05, 4.69) is 0 Å². The molecule has 1 aromatic rings. The van der Waals surface area contributed by atoms with E-state index in [1.807, 2.05) is 0 Å². The van der Waals surface area contributed by atoms with Crippen LogP contribution in [-0.4, -0.2) is 43.6 Å². The van der Waals surface area contributed by atoms with Crippen LogP contribution in [0.15, 0.2) is 35.2 Å². The molecule has 7 nitrogen and oxygen atoms in total. The second-order valence-corrected chi connectivity index (χ2v) is 7.83. The first kappa shape index (κ1) is 20.6. The lowest BCUT2D eigenvalue weighted by Crippen LogP contribution is -2.27. The van der Waals surface area contributed by atoms with Gasteiger partial charge in [-0.3, -0.25) is 9.36 Å². The Kier molecular flexibility index (Phi) is 7.01. The zero-order valence-electron chi connectivity index (χ0n) is 14.9. The van der Waals surface area contributed by atoms with Crippen molar-refractivity contribution in [3.8, 4) is 0 Å². The molecule has 0 saturated heterocycles. The molecule has 9 heteroatoms. The van der Waals surface area contributed by atoms with E-state index in [0.717, 1.165) is 5.56 Å². The molecule has 0 unspecified atom stereocenters. The summed E-state index contributed by atoms with van der Waals surface area (Å²) in [6.07, 6.45) is 0. The van der Waals surface area contributed by atoms with Crippen molar-refractivity contribution in [2.45, 2.75) is 20.4 Å². The van der Waals surface area contributed by atoms with E-state index >= 15 is 0 Å². The minimum Gasteiger partial charge on any atom is -0.466 e. The van der Waals surface area contributed by atoms with Crippen molar-refractivity contribution in [2.24, 2.45) is 0 Å². The van der Waals surface area contributed by atoms with E-state index < -0.39 is 19.5 Å². The van der Waals surface area contributed by atoms with Gasteiger partial charge in [-0.2, -0.15) is 0 Å². The van der Waals surface area contributed by atoms with Gasteiger partial charge in [-0.1, -0.05) is 23.7 Å². The molecular formula is C17H21ClNO6P. The van der Waals surface area contributed by atoms with Crippen LogP contribution < -0.4 is 0 Å². The highest BCUT2D eigenvalue weighted by molar-refractivity contribution is 7.60. The monoisotopic (exact) mass is 401 g/mol. The third-order valence-corrected chi connectivity index (χ3v) is 6.17. The highest BCUT2D eigenvalue weighted by atomic mass is 35.5. The molecule has 1 aliphatic heterocycles. The Morgan fingerprint density at radius 1 is 1.19 bits per heavy atom. The molecule has 2 rings (SSSR count). The Hall–Kier alpha value is -1.66. The van der Waals surface area contributed by atoms with Crippen molar-refractivity contribution in [3.63, 3.8) is 0 Å². The number of esters is 1. The molecule has 0 fully saturated rings. The van der Waals surface area contributed by atoms with Crippen LogP contribution in [0.3, 0.4) is 0 Å². The first-order valence-corrected chi connectivity index (χ1v) is 10.0. The number of methoxy groups -OCH3 is 1. The summed E-state index contributed by atoms with van der Waals surface area (Å²) in [7, 11) is -2.73. The third kappa shape index (κ3) is 4.35. The number of nitrogens with zero attached hydrogens (tertiary/aromatic N) is 1. The second kappa shape index (κ2) is 8.82. The maximum Gasteiger partial charge on any atom is 0.367 e.